The van der Waals surface area contributed by atoms with E-state index in [2.05, 4.69) is 27.5 Å². The summed E-state index contributed by atoms with van der Waals surface area (Å²) >= 11 is 0. The lowest BCUT2D eigenvalue weighted by molar-refractivity contribution is 0.0600. The summed E-state index contributed by atoms with van der Waals surface area (Å²) in [5.74, 6) is -0.379. The largest absolute Gasteiger partial charge is 0.465 e. The van der Waals surface area contributed by atoms with Crippen LogP contribution in [0.4, 0.5) is 4.79 Å². The normalized spacial score (nSPS) is 17.1. The summed E-state index contributed by atoms with van der Waals surface area (Å²) in [6.45, 7) is 0.374. The summed E-state index contributed by atoms with van der Waals surface area (Å²) in [7, 11) is 1.35. The van der Waals surface area contributed by atoms with Gasteiger partial charge in [0.05, 0.1) is 12.7 Å². The summed E-state index contributed by atoms with van der Waals surface area (Å²) in [5.41, 5.74) is 1.34. The Morgan fingerprint density at radius 3 is 2.90 bits per heavy atom. The van der Waals surface area contributed by atoms with Crippen LogP contribution < -0.4 is 10.6 Å². The molecule has 0 saturated carbocycles. The Bertz CT molecular complexity index is 540. The number of nitrogens with one attached hydrogen (secondary N) is 2. The van der Waals surface area contributed by atoms with Crippen molar-refractivity contribution in [2.24, 2.45) is 0 Å². The van der Waals surface area contributed by atoms with E-state index in [-0.39, 0.29) is 18.0 Å². The molecule has 5 nitrogen and oxygen atoms in total. The van der Waals surface area contributed by atoms with Crippen molar-refractivity contribution in [2.75, 3.05) is 7.11 Å². The standard InChI is InChI=1S/C16H20N2O3/c1-21-15(19)13-7-5-6-12(10-13)11-17-16(20)18-14-8-3-2-4-9-14/h2-3,5-7,10,14H,4,8-9,11H2,1H3,(H2,17,18,20)/t14-/m1/s1. The van der Waals surface area contributed by atoms with Crippen LogP contribution in [0.2, 0.25) is 0 Å². The number of carbonyl (C=O) groups excluding carboxylic acids is 2. The number of esters is 1. The third-order valence-electron chi connectivity index (χ3n) is 3.41. The van der Waals surface area contributed by atoms with E-state index in [0.29, 0.717) is 12.1 Å². The van der Waals surface area contributed by atoms with Crippen molar-refractivity contribution >= 4 is 12.0 Å². The van der Waals surface area contributed by atoms with Gasteiger partial charge < -0.3 is 15.4 Å². The summed E-state index contributed by atoms with van der Waals surface area (Å²) < 4.78 is 4.67. The van der Waals surface area contributed by atoms with Crippen LogP contribution in [0.3, 0.4) is 0 Å². The van der Waals surface area contributed by atoms with Crippen molar-refractivity contribution < 1.29 is 14.3 Å². The van der Waals surface area contributed by atoms with E-state index in [9.17, 15) is 9.59 Å². The van der Waals surface area contributed by atoms with Crippen molar-refractivity contribution in [3.05, 3.63) is 47.5 Å². The molecule has 1 aromatic rings. The van der Waals surface area contributed by atoms with Gasteiger partial charge in [0.1, 0.15) is 0 Å². The van der Waals surface area contributed by atoms with E-state index in [0.717, 1.165) is 24.8 Å². The lowest BCUT2D eigenvalue weighted by atomic mass is 10.0. The number of ether oxygens (including phenoxy) is 1. The zero-order chi connectivity index (χ0) is 15.1. The zero-order valence-electron chi connectivity index (χ0n) is 12.1. The average molecular weight is 288 g/mol. The maximum Gasteiger partial charge on any atom is 0.337 e. The molecular formula is C16H20N2O3. The Kier molecular flexibility index (Phi) is 5.37. The highest BCUT2D eigenvalue weighted by atomic mass is 16.5. The lowest BCUT2D eigenvalue weighted by Crippen LogP contribution is -2.42. The number of hydrogen-bond donors (Lipinski definition) is 2. The first-order valence-electron chi connectivity index (χ1n) is 7.05. The minimum Gasteiger partial charge on any atom is -0.465 e. The molecule has 0 radical (unpaired) electrons. The highest BCUT2D eigenvalue weighted by Gasteiger charge is 2.12. The van der Waals surface area contributed by atoms with Crippen LogP contribution in [0.25, 0.3) is 0 Å². The second-order valence-corrected chi connectivity index (χ2v) is 5.00. The predicted molar refractivity (Wildman–Crippen MR) is 79.9 cm³/mol. The molecule has 21 heavy (non-hydrogen) atoms. The molecule has 0 unspecified atom stereocenters. The molecular weight excluding hydrogens is 268 g/mol. The van der Waals surface area contributed by atoms with Gasteiger partial charge in [0.15, 0.2) is 0 Å². The van der Waals surface area contributed by atoms with E-state index in [1.807, 2.05) is 6.07 Å². The second kappa shape index (κ2) is 7.47. The fourth-order valence-electron chi connectivity index (χ4n) is 2.27. The first-order chi connectivity index (χ1) is 10.2. The van der Waals surface area contributed by atoms with Gasteiger partial charge in [0.2, 0.25) is 0 Å². The maximum atomic E-state index is 11.8. The van der Waals surface area contributed by atoms with Crippen molar-refractivity contribution in [1.82, 2.24) is 10.6 Å². The van der Waals surface area contributed by atoms with Gasteiger partial charge in [-0.05, 0) is 37.0 Å². The Labute approximate surface area is 124 Å². The van der Waals surface area contributed by atoms with Crippen LogP contribution in [-0.4, -0.2) is 25.2 Å². The van der Waals surface area contributed by atoms with E-state index in [1.54, 1.807) is 18.2 Å². The molecule has 0 aliphatic heterocycles. The molecule has 0 heterocycles. The number of amides is 2. The van der Waals surface area contributed by atoms with Crippen LogP contribution in [0.1, 0.15) is 35.2 Å². The Morgan fingerprint density at radius 1 is 1.33 bits per heavy atom. The lowest BCUT2D eigenvalue weighted by Gasteiger charge is -2.19. The Morgan fingerprint density at radius 2 is 2.19 bits per heavy atom. The van der Waals surface area contributed by atoms with Gasteiger partial charge in [0.25, 0.3) is 0 Å². The van der Waals surface area contributed by atoms with Crippen LogP contribution in [0.5, 0.6) is 0 Å². The predicted octanol–water partition coefficient (Wildman–Crippen LogP) is 2.38. The third kappa shape index (κ3) is 4.63. The van der Waals surface area contributed by atoms with E-state index in [4.69, 9.17) is 0 Å². The van der Waals surface area contributed by atoms with Crippen molar-refractivity contribution in [1.29, 1.82) is 0 Å². The van der Waals surface area contributed by atoms with Gasteiger partial charge >= 0.3 is 12.0 Å². The number of hydrogen-bond acceptors (Lipinski definition) is 3. The van der Waals surface area contributed by atoms with E-state index < -0.39 is 0 Å². The first-order valence-corrected chi connectivity index (χ1v) is 7.05. The molecule has 112 valence electrons. The third-order valence-corrected chi connectivity index (χ3v) is 3.41. The SMILES string of the molecule is COC(=O)c1cccc(CNC(=O)N[C@@H]2CC=CCC2)c1. The first kappa shape index (κ1) is 15.1. The van der Waals surface area contributed by atoms with Gasteiger partial charge in [-0.3, -0.25) is 0 Å². The monoisotopic (exact) mass is 288 g/mol. The van der Waals surface area contributed by atoms with Crippen molar-refractivity contribution in [3.8, 4) is 0 Å². The van der Waals surface area contributed by atoms with E-state index >= 15 is 0 Å². The van der Waals surface area contributed by atoms with Crippen LogP contribution >= 0.6 is 0 Å². The fraction of sp³-hybridized carbons (Fsp3) is 0.375. The van der Waals surface area contributed by atoms with Gasteiger partial charge in [-0.15, -0.1) is 0 Å². The molecule has 0 bridgehead atoms. The van der Waals surface area contributed by atoms with Gasteiger partial charge in [-0.1, -0.05) is 24.3 Å². The Hall–Kier alpha value is -2.30. The average Bonchev–Trinajstić information content (AvgIpc) is 2.53. The number of carbonyl (C=O) groups is 2. The maximum absolute atomic E-state index is 11.8. The smallest absolute Gasteiger partial charge is 0.337 e. The molecule has 0 saturated heterocycles. The Balaban J connectivity index is 1.83. The molecule has 1 aliphatic carbocycles. The summed E-state index contributed by atoms with van der Waals surface area (Å²) in [4.78, 5) is 23.3. The number of rotatable bonds is 4. The molecule has 5 heteroatoms. The molecule has 1 aliphatic rings. The zero-order valence-corrected chi connectivity index (χ0v) is 12.1. The number of methoxy groups -OCH3 is 1. The van der Waals surface area contributed by atoms with Crippen molar-refractivity contribution in [3.63, 3.8) is 0 Å². The molecule has 0 spiro atoms. The van der Waals surface area contributed by atoms with E-state index in [1.165, 1.54) is 7.11 Å². The summed E-state index contributed by atoms with van der Waals surface area (Å²) in [6, 6.07) is 7.05. The molecule has 1 aromatic carbocycles. The van der Waals surface area contributed by atoms with Crippen LogP contribution in [0.15, 0.2) is 36.4 Å². The molecule has 0 fully saturated rings. The van der Waals surface area contributed by atoms with Crippen LogP contribution in [-0.2, 0) is 11.3 Å². The fourth-order valence-corrected chi connectivity index (χ4v) is 2.27. The number of benzene rings is 1. The molecule has 1 atom stereocenters. The van der Waals surface area contributed by atoms with Gasteiger partial charge in [-0.2, -0.15) is 0 Å². The second-order valence-electron chi connectivity index (χ2n) is 5.00. The minimum absolute atomic E-state index is 0.182. The van der Waals surface area contributed by atoms with Crippen LogP contribution in [0, 0.1) is 0 Å². The summed E-state index contributed by atoms with van der Waals surface area (Å²) in [6.07, 6.45) is 7.09. The highest BCUT2D eigenvalue weighted by Crippen LogP contribution is 2.10. The molecule has 0 aromatic heterocycles. The highest BCUT2D eigenvalue weighted by molar-refractivity contribution is 5.89. The number of allylic oxidation sites excluding steroid dienone is 1. The molecule has 2 N–H and O–H groups in total. The topological polar surface area (TPSA) is 67.4 Å². The van der Waals surface area contributed by atoms with Gasteiger partial charge in [0, 0.05) is 12.6 Å². The quantitative estimate of drug-likeness (QED) is 0.660. The van der Waals surface area contributed by atoms with Gasteiger partial charge in [-0.25, -0.2) is 9.59 Å². The molecule has 2 amide bonds. The number of urea groups is 1. The van der Waals surface area contributed by atoms with Crippen molar-refractivity contribution in [2.45, 2.75) is 31.8 Å². The minimum atomic E-state index is -0.379. The molecule has 2 rings (SSSR count). The summed E-state index contributed by atoms with van der Waals surface area (Å²) in [5, 5.41) is 5.75.